The third kappa shape index (κ3) is 2.06. The lowest BCUT2D eigenvalue weighted by Crippen LogP contribution is -2.24. The fraction of sp³-hybridized carbons (Fsp3) is 0.600. The summed E-state index contributed by atoms with van der Waals surface area (Å²) >= 11 is 0. The number of benzene rings is 1. The summed E-state index contributed by atoms with van der Waals surface area (Å²) < 4.78 is 6.06. The third-order valence-electron chi connectivity index (χ3n) is 3.50. The molecule has 0 spiro atoms. The molecule has 1 aromatic rings. The Bertz CT molecular complexity index is 431. The minimum atomic E-state index is 0.0241. The maximum atomic E-state index is 6.26. The highest BCUT2D eigenvalue weighted by atomic mass is 16.5. The van der Waals surface area contributed by atoms with Crippen molar-refractivity contribution in [3.8, 4) is 5.75 Å². The maximum absolute atomic E-state index is 6.26. The molecule has 2 nitrogen and oxygen atoms in total. The SMILES string of the molecule is CCC1Oc2c(cc(C)cc2C(C)(C)C)C1N. The van der Waals surface area contributed by atoms with Gasteiger partial charge in [-0.25, -0.2) is 0 Å². The second kappa shape index (κ2) is 4.02. The highest BCUT2D eigenvalue weighted by molar-refractivity contribution is 5.51. The molecule has 0 saturated heterocycles. The first-order chi connectivity index (χ1) is 7.84. The highest BCUT2D eigenvalue weighted by Crippen LogP contribution is 2.44. The van der Waals surface area contributed by atoms with Gasteiger partial charge in [0.2, 0.25) is 0 Å². The van der Waals surface area contributed by atoms with Crippen LogP contribution in [0.4, 0.5) is 0 Å². The van der Waals surface area contributed by atoms with E-state index in [2.05, 4.69) is 46.8 Å². The van der Waals surface area contributed by atoms with Crippen LogP contribution in [0.3, 0.4) is 0 Å². The van der Waals surface area contributed by atoms with Crippen LogP contribution in [0.5, 0.6) is 5.75 Å². The zero-order chi connectivity index (χ0) is 12.8. The van der Waals surface area contributed by atoms with Gasteiger partial charge in [0.1, 0.15) is 11.9 Å². The number of hydrogen-bond donors (Lipinski definition) is 1. The van der Waals surface area contributed by atoms with Crippen LogP contribution >= 0.6 is 0 Å². The zero-order valence-electron chi connectivity index (χ0n) is 11.5. The fourth-order valence-electron chi connectivity index (χ4n) is 2.50. The van der Waals surface area contributed by atoms with Gasteiger partial charge in [-0.1, -0.05) is 45.4 Å². The molecule has 94 valence electrons. The van der Waals surface area contributed by atoms with Gasteiger partial charge in [-0.2, -0.15) is 0 Å². The lowest BCUT2D eigenvalue weighted by Gasteiger charge is -2.23. The number of rotatable bonds is 1. The topological polar surface area (TPSA) is 35.2 Å². The standard InChI is InChI=1S/C15H23NO/c1-6-12-13(16)10-7-9(2)8-11(14(10)17-12)15(3,4)5/h7-8,12-13H,6,16H2,1-5H3. The van der Waals surface area contributed by atoms with Crippen LogP contribution in [0, 0.1) is 6.92 Å². The Morgan fingerprint density at radius 1 is 1.29 bits per heavy atom. The molecule has 0 saturated carbocycles. The molecule has 2 unspecified atom stereocenters. The lowest BCUT2D eigenvalue weighted by molar-refractivity contribution is 0.199. The normalized spacial score (nSPS) is 23.4. The minimum absolute atomic E-state index is 0.0241. The average Bonchev–Trinajstić information content (AvgIpc) is 2.54. The smallest absolute Gasteiger partial charge is 0.128 e. The second-order valence-electron chi connectivity index (χ2n) is 6.07. The summed E-state index contributed by atoms with van der Waals surface area (Å²) in [7, 11) is 0. The quantitative estimate of drug-likeness (QED) is 0.806. The molecule has 2 N–H and O–H groups in total. The summed E-state index contributed by atoms with van der Waals surface area (Å²) in [6, 6.07) is 4.42. The van der Waals surface area contributed by atoms with Gasteiger partial charge in [-0.05, 0) is 18.8 Å². The summed E-state index contributed by atoms with van der Waals surface area (Å²) in [6.45, 7) is 10.9. The van der Waals surface area contributed by atoms with Gasteiger partial charge < -0.3 is 10.5 Å². The maximum Gasteiger partial charge on any atom is 0.128 e. The fourth-order valence-corrected chi connectivity index (χ4v) is 2.50. The van der Waals surface area contributed by atoms with Crippen molar-refractivity contribution in [3.05, 3.63) is 28.8 Å². The molecule has 0 fully saturated rings. The summed E-state index contributed by atoms with van der Waals surface area (Å²) in [5, 5.41) is 0. The molecule has 2 atom stereocenters. The Morgan fingerprint density at radius 3 is 2.47 bits per heavy atom. The summed E-state index contributed by atoms with van der Waals surface area (Å²) in [6.07, 6.45) is 1.09. The number of aryl methyl sites for hydroxylation is 1. The third-order valence-corrected chi connectivity index (χ3v) is 3.50. The molecule has 2 heteroatoms. The monoisotopic (exact) mass is 233 g/mol. The molecule has 0 bridgehead atoms. The summed E-state index contributed by atoms with van der Waals surface area (Å²) in [4.78, 5) is 0. The zero-order valence-corrected chi connectivity index (χ0v) is 11.5. The van der Waals surface area contributed by atoms with Crippen molar-refractivity contribution in [1.29, 1.82) is 0 Å². The Labute approximate surface area is 104 Å². The van der Waals surface area contributed by atoms with Crippen molar-refractivity contribution >= 4 is 0 Å². The molecule has 1 aliphatic heterocycles. The molecule has 2 rings (SSSR count). The molecule has 0 amide bonds. The van der Waals surface area contributed by atoms with E-state index in [1.807, 2.05) is 0 Å². The number of hydrogen-bond acceptors (Lipinski definition) is 2. The predicted octanol–water partition coefficient (Wildman–Crippen LogP) is 3.46. The van der Waals surface area contributed by atoms with Crippen LogP contribution in [-0.2, 0) is 5.41 Å². The molecular weight excluding hydrogens is 210 g/mol. The predicted molar refractivity (Wildman–Crippen MR) is 71.5 cm³/mol. The van der Waals surface area contributed by atoms with Gasteiger partial charge in [0, 0.05) is 11.1 Å². The van der Waals surface area contributed by atoms with Crippen LogP contribution in [0.25, 0.3) is 0 Å². The Kier molecular flexibility index (Phi) is 2.94. The second-order valence-corrected chi connectivity index (χ2v) is 6.07. The van der Waals surface area contributed by atoms with Crippen molar-refractivity contribution in [2.45, 2.75) is 58.6 Å². The minimum Gasteiger partial charge on any atom is -0.488 e. The summed E-state index contributed by atoms with van der Waals surface area (Å²) in [5.74, 6) is 1.03. The van der Waals surface area contributed by atoms with Crippen molar-refractivity contribution in [3.63, 3.8) is 0 Å². The number of nitrogens with two attached hydrogens (primary N) is 1. The van der Waals surface area contributed by atoms with Gasteiger partial charge in [-0.15, -0.1) is 0 Å². The van der Waals surface area contributed by atoms with E-state index < -0.39 is 0 Å². The van der Waals surface area contributed by atoms with Gasteiger partial charge in [0.25, 0.3) is 0 Å². The molecule has 0 radical (unpaired) electrons. The van der Waals surface area contributed by atoms with Gasteiger partial charge in [0.05, 0.1) is 6.04 Å². The van der Waals surface area contributed by atoms with Gasteiger partial charge in [-0.3, -0.25) is 0 Å². The van der Waals surface area contributed by atoms with E-state index in [0.29, 0.717) is 0 Å². The van der Waals surface area contributed by atoms with Crippen LogP contribution in [-0.4, -0.2) is 6.10 Å². The Balaban J connectivity index is 2.57. The molecular formula is C15H23NO. The number of fused-ring (bicyclic) bond motifs is 1. The van der Waals surface area contributed by atoms with E-state index in [1.165, 1.54) is 16.7 Å². The average molecular weight is 233 g/mol. The van der Waals surface area contributed by atoms with Crippen LogP contribution < -0.4 is 10.5 Å². The van der Waals surface area contributed by atoms with Crippen LogP contribution in [0.2, 0.25) is 0 Å². The summed E-state index contributed by atoms with van der Waals surface area (Å²) in [5.41, 5.74) is 10.1. The van der Waals surface area contributed by atoms with Crippen molar-refractivity contribution in [1.82, 2.24) is 0 Å². The molecule has 0 aromatic heterocycles. The van der Waals surface area contributed by atoms with Gasteiger partial charge >= 0.3 is 0 Å². The largest absolute Gasteiger partial charge is 0.488 e. The van der Waals surface area contributed by atoms with Crippen LogP contribution in [0.1, 0.15) is 56.8 Å². The van der Waals surface area contributed by atoms with Crippen molar-refractivity contribution < 1.29 is 4.74 Å². The van der Waals surface area contributed by atoms with E-state index in [1.54, 1.807) is 0 Å². The molecule has 17 heavy (non-hydrogen) atoms. The molecule has 1 heterocycles. The van der Waals surface area contributed by atoms with E-state index in [4.69, 9.17) is 10.5 Å². The van der Waals surface area contributed by atoms with Gasteiger partial charge in [0.15, 0.2) is 0 Å². The van der Waals surface area contributed by atoms with E-state index in [9.17, 15) is 0 Å². The molecule has 1 aliphatic rings. The molecule has 0 aliphatic carbocycles. The molecule has 1 aromatic carbocycles. The van der Waals surface area contributed by atoms with E-state index in [-0.39, 0.29) is 17.6 Å². The highest BCUT2D eigenvalue weighted by Gasteiger charge is 2.34. The Morgan fingerprint density at radius 2 is 1.94 bits per heavy atom. The van der Waals surface area contributed by atoms with Crippen LogP contribution in [0.15, 0.2) is 12.1 Å². The van der Waals surface area contributed by atoms with Crippen molar-refractivity contribution in [2.75, 3.05) is 0 Å². The number of ether oxygens (including phenoxy) is 1. The first kappa shape index (κ1) is 12.4. The van der Waals surface area contributed by atoms with E-state index in [0.717, 1.165) is 12.2 Å². The lowest BCUT2D eigenvalue weighted by atomic mass is 9.83. The first-order valence-electron chi connectivity index (χ1n) is 6.42. The first-order valence-corrected chi connectivity index (χ1v) is 6.42. The van der Waals surface area contributed by atoms with E-state index >= 15 is 0 Å². The Hall–Kier alpha value is -1.02. The van der Waals surface area contributed by atoms with Crippen molar-refractivity contribution in [2.24, 2.45) is 5.73 Å².